The summed E-state index contributed by atoms with van der Waals surface area (Å²) in [6, 6.07) is 7.67. The van der Waals surface area contributed by atoms with E-state index in [-0.39, 0.29) is 0 Å². The molecule has 0 bridgehead atoms. The summed E-state index contributed by atoms with van der Waals surface area (Å²) in [4.78, 5) is 0. The van der Waals surface area contributed by atoms with Crippen LogP contribution >= 0.6 is 0 Å². The van der Waals surface area contributed by atoms with Crippen LogP contribution < -0.4 is 5.32 Å². The Morgan fingerprint density at radius 3 is 3.05 bits per heavy atom. The molecule has 0 amide bonds. The molecule has 2 unspecified atom stereocenters. The van der Waals surface area contributed by atoms with Gasteiger partial charge in [-0.05, 0) is 67.3 Å². The molecule has 1 N–H and O–H groups in total. The third-order valence-electron chi connectivity index (χ3n) is 4.82. The molecule has 1 aliphatic carbocycles. The zero-order valence-electron chi connectivity index (χ0n) is 12.9. The van der Waals surface area contributed by atoms with E-state index in [0.29, 0.717) is 6.04 Å². The van der Waals surface area contributed by atoms with Crippen LogP contribution in [0.2, 0.25) is 0 Å². The van der Waals surface area contributed by atoms with Crippen molar-refractivity contribution >= 4 is 5.57 Å². The van der Waals surface area contributed by atoms with E-state index in [1.165, 1.54) is 43.4 Å². The number of fused-ring (bicyclic) bond motifs is 3. The van der Waals surface area contributed by atoms with Crippen molar-refractivity contribution in [2.24, 2.45) is 0 Å². The van der Waals surface area contributed by atoms with Crippen molar-refractivity contribution < 1.29 is 0 Å². The van der Waals surface area contributed by atoms with Gasteiger partial charge in [0.2, 0.25) is 0 Å². The highest BCUT2D eigenvalue weighted by Gasteiger charge is 2.31. The lowest BCUT2D eigenvalue weighted by molar-refractivity contribution is 0.319. The lowest BCUT2D eigenvalue weighted by Crippen LogP contribution is -2.42. The Morgan fingerprint density at radius 1 is 1.29 bits per heavy atom. The van der Waals surface area contributed by atoms with Crippen LogP contribution in [0.1, 0.15) is 48.8 Å². The van der Waals surface area contributed by atoms with Gasteiger partial charge in [0.05, 0.1) is 0 Å². The molecule has 21 heavy (non-hydrogen) atoms. The molecule has 0 aromatic heterocycles. The lowest BCUT2D eigenvalue weighted by Gasteiger charge is -2.38. The Balaban J connectivity index is 1.83. The van der Waals surface area contributed by atoms with Crippen LogP contribution in [0.15, 0.2) is 49.1 Å². The van der Waals surface area contributed by atoms with Crippen molar-refractivity contribution in [2.75, 3.05) is 6.54 Å². The van der Waals surface area contributed by atoms with Crippen molar-refractivity contribution in [3.05, 3.63) is 65.8 Å². The number of benzene rings is 1. The van der Waals surface area contributed by atoms with E-state index >= 15 is 0 Å². The summed E-state index contributed by atoms with van der Waals surface area (Å²) < 4.78 is 0. The molecule has 1 saturated heterocycles. The molecule has 1 aromatic rings. The molecule has 110 valence electrons. The number of nitrogens with one attached hydrogen (secondary N) is 1. The zero-order chi connectivity index (χ0) is 14.7. The van der Waals surface area contributed by atoms with Crippen molar-refractivity contribution in [1.29, 1.82) is 0 Å². The number of allylic oxidation sites excluding steroid dienone is 5. The second-order valence-corrected chi connectivity index (χ2v) is 6.17. The third kappa shape index (κ3) is 3.03. The summed E-state index contributed by atoms with van der Waals surface area (Å²) in [5.74, 6) is 0.725. The molecule has 2 aliphatic rings. The minimum atomic E-state index is 0.704. The van der Waals surface area contributed by atoms with E-state index in [1.54, 1.807) is 5.56 Å². The average Bonchev–Trinajstić information content (AvgIpc) is 2.54. The minimum absolute atomic E-state index is 0.704. The highest BCUT2D eigenvalue weighted by molar-refractivity contribution is 5.73. The average molecular weight is 279 g/mol. The van der Waals surface area contributed by atoms with E-state index < -0.39 is 0 Å². The van der Waals surface area contributed by atoms with E-state index in [4.69, 9.17) is 0 Å². The molecule has 0 radical (unpaired) electrons. The molecule has 0 saturated carbocycles. The molecule has 3 rings (SSSR count). The molecular formula is C20H25N. The highest BCUT2D eigenvalue weighted by Crippen LogP contribution is 2.38. The van der Waals surface area contributed by atoms with Gasteiger partial charge in [0.25, 0.3) is 0 Å². The van der Waals surface area contributed by atoms with Crippen LogP contribution in [0.25, 0.3) is 5.57 Å². The molecule has 1 heteroatoms. The summed E-state index contributed by atoms with van der Waals surface area (Å²) in [7, 11) is 0. The maximum atomic E-state index is 4.19. The van der Waals surface area contributed by atoms with Gasteiger partial charge < -0.3 is 5.32 Å². The highest BCUT2D eigenvalue weighted by atomic mass is 14.9. The van der Waals surface area contributed by atoms with Gasteiger partial charge in [-0.2, -0.15) is 0 Å². The standard InChI is InChI=1S/C20H25N/c1-3-4-5-7-15(2)16-9-11-18-17(14-16)10-12-20-19(18)8-6-13-21-20/h3-5,7,9,11,14,19-21H,2,6,8,10,12-13H2,1H3. The second kappa shape index (κ2) is 6.44. The first kappa shape index (κ1) is 14.3. The SMILES string of the molecule is C=C(C=CC=CC)c1ccc2c(c1)CCC1NCCCC21. The van der Waals surface area contributed by atoms with Crippen LogP contribution in [-0.2, 0) is 6.42 Å². The monoisotopic (exact) mass is 279 g/mol. The fourth-order valence-electron chi connectivity index (χ4n) is 3.70. The van der Waals surface area contributed by atoms with Crippen LogP contribution in [-0.4, -0.2) is 12.6 Å². The molecule has 1 nitrogen and oxygen atoms in total. The largest absolute Gasteiger partial charge is 0.313 e. The fourth-order valence-corrected chi connectivity index (χ4v) is 3.70. The molecular weight excluding hydrogens is 254 g/mol. The van der Waals surface area contributed by atoms with Crippen molar-refractivity contribution in [1.82, 2.24) is 5.32 Å². The van der Waals surface area contributed by atoms with Gasteiger partial charge in [0.1, 0.15) is 0 Å². The number of piperidine rings is 1. The molecule has 2 atom stereocenters. The fraction of sp³-hybridized carbons (Fsp3) is 0.400. The molecule has 1 aromatic carbocycles. The second-order valence-electron chi connectivity index (χ2n) is 6.17. The summed E-state index contributed by atoms with van der Waals surface area (Å²) in [6.45, 7) is 7.42. The number of aryl methyl sites for hydroxylation is 1. The first-order valence-electron chi connectivity index (χ1n) is 8.14. The Labute approximate surface area is 128 Å². The third-order valence-corrected chi connectivity index (χ3v) is 4.82. The topological polar surface area (TPSA) is 12.0 Å². The quantitative estimate of drug-likeness (QED) is 0.796. The normalized spacial score (nSPS) is 25.0. The van der Waals surface area contributed by atoms with E-state index in [0.717, 1.165) is 11.5 Å². The van der Waals surface area contributed by atoms with Gasteiger partial charge in [-0.15, -0.1) is 0 Å². The first-order valence-corrected chi connectivity index (χ1v) is 8.14. The first-order chi connectivity index (χ1) is 10.3. The molecule has 1 heterocycles. The van der Waals surface area contributed by atoms with Gasteiger partial charge in [0, 0.05) is 6.04 Å². The number of hydrogen-bond acceptors (Lipinski definition) is 1. The summed E-state index contributed by atoms with van der Waals surface area (Å²) in [6.07, 6.45) is 13.4. The molecule has 1 aliphatic heterocycles. The van der Waals surface area contributed by atoms with Gasteiger partial charge in [-0.25, -0.2) is 0 Å². The van der Waals surface area contributed by atoms with E-state index in [1.807, 2.05) is 19.1 Å². The zero-order valence-corrected chi connectivity index (χ0v) is 12.9. The van der Waals surface area contributed by atoms with Gasteiger partial charge in [0.15, 0.2) is 0 Å². The number of rotatable bonds is 3. The summed E-state index contributed by atoms with van der Waals surface area (Å²) >= 11 is 0. The van der Waals surface area contributed by atoms with Crippen molar-refractivity contribution in [2.45, 2.75) is 44.6 Å². The van der Waals surface area contributed by atoms with Crippen molar-refractivity contribution in [3.63, 3.8) is 0 Å². The van der Waals surface area contributed by atoms with Gasteiger partial charge >= 0.3 is 0 Å². The maximum Gasteiger partial charge on any atom is 0.0139 e. The van der Waals surface area contributed by atoms with Crippen LogP contribution in [0.4, 0.5) is 0 Å². The smallest absolute Gasteiger partial charge is 0.0139 e. The van der Waals surface area contributed by atoms with Crippen LogP contribution in [0.3, 0.4) is 0 Å². The predicted molar refractivity (Wildman–Crippen MR) is 91.5 cm³/mol. The minimum Gasteiger partial charge on any atom is -0.313 e. The number of hydrogen-bond donors (Lipinski definition) is 1. The van der Waals surface area contributed by atoms with Crippen LogP contribution in [0.5, 0.6) is 0 Å². The van der Waals surface area contributed by atoms with Crippen molar-refractivity contribution in [3.8, 4) is 0 Å². The summed E-state index contributed by atoms with van der Waals surface area (Å²) in [5, 5.41) is 3.70. The Morgan fingerprint density at radius 2 is 2.19 bits per heavy atom. The predicted octanol–water partition coefficient (Wildman–Crippen LogP) is 4.61. The van der Waals surface area contributed by atoms with Gasteiger partial charge in [-0.1, -0.05) is 49.1 Å². The Hall–Kier alpha value is -1.60. The molecule has 0 spiro atoms. The summed E-state index contributed by atoms with van der Waals surface area (Å²) in [5.41, 5.74) is 5.47. The van der Waals surface area contributed by atoms with E-state index in [9.17, 15) is 0 Å². The lowest BCUT2D eigenvalue weighted by atomic mass is 9.74. The molecule has 1 fully saturated rings. The Kier molecular flexibility index (Phi) is 4.40. The van der Waals surface area contributed by atoms with E-state index in [2.05, 4.69) is 42.2 Å². The van der Waals surface area contributed by atoms with Crippen LogP contribution in [0, 0.1) is 0 Å². The van der Waals surface area contributed by atoms with Gasteiger partial charge in [-0.3, -0.25) is 0 Å². The Bertz CT molecular complexity index is 580. The maximum absolute atomic E-state index is 4.19.